The van der Waals surface area contributed by atoms with E-state index in [1.54, 1.807) is 0 Å². The zero-order valence-electron chi connectivity index (χ0n) is 17.0. The number of para-hydroxylation sites is 1. The Hall–Kier alpha value is -3.29. The lowest BCUT2D eigenvalue weighted by Gasteiger charge is -2.21. The summed E-state index contributed by atoms with van der Waals surface area (Å²) in [5, 5.41) is 12.4. The van der Waals surface area contributed by atoms with Gasteiger partial charge in [-0.05, 0) is 31.9 Å². The Morgan fingerprint density at radius 2 is 1.97 bits per heavy atom. The van der Waals surface area contributed by atoms with Crippen LogP contribution in [0, 0.1) is 12.8 Å². The van der Waals surface area contributed by atoms with Crippen molar-refractivity contribution in [3.8, 4) is 0 Å². The van der Waals surface area contributed by atoms with E-state index in [0.29, 0.717) is 38.2 Å². The van der Waals surface area contributed by atoms with Crippen molar-refractivity contribution in [3.05, 3.63) is 53.2 Å². The number of amides is 2. The van der Waals surface area contributed by atoms with Crippen molar-refractivity contribution in [2.45, 2.75) is 39.3 Å². The molecule has 0 saturated heterocycles. The lowest BCUT2D eigenvalue weighted by Crippen LogP contribution is -2.34. The first-order valence-electron chi connectivity index (χ1n) is 10.4. The number of hydrogen-bond acceptors (Lipinski definition) is 5. The van der Waals surface area contributed by atoms with Gasteiger partial charge in [0.2, 0.25) is 5.91 Å². The van der Waals surface area contributed by atoms with Crippen molar-refractivity contribution in [1.82, 2.24) is 30.0 Å². The SMILES string of the molecule is Cc1cc(C(=O)N2CCc3nnc(CNC(=O)C4CC4)n3CC2)c2ccccc2n1. The molecule has 2 aromatic heterocycles. The molecule has 0 radical (unpaired) electrons. The predicted molar refractivity (Wildman–Crippen MR) is 111 cm³/mol. The number of carbonyl (C=O) groups excluding carboxylic acids is 2. The van der Waals surface area contributed by atoms with Crippen LogP contribution in [0.1, 0.15) is 40.5 Å². The molecular formula is C22H24N6O2. The number of aromatic nitrogens is 4. The van der Waals surface area contributed by atoms with Crippen LogP contribution in [0.3, 0.4) is 0 Å². The van der Waals surface area contributed by atoms with Crippen LogP contribution in [-0.2, 0) is 24.3 Å². The molecule has 1 aromatic carbocycles. The largest absolute Gasteiger partial charge is 0.349 e. The fourth-order valence-electron chi connectivity index (χ4n) is 4.03. The molecule has 30 heavy (non-hydrogen) atoms. The summed E-state index contributed by atoms with van der Waals surface area (Å²) in [5.41, 5.74) is 2.35. The molecule has 1 fully saturated rings. The predicted octanol–water partition coefficient (Wildman–Crippen LogP) is 1.86. The van der Waals surface area contributed by atoms with Gasteiger partial charge in [-0.25, -0.2) is 0 Å². The van der Waals surface area contributed by atoms with Crippen LogP contribution in [0.25, 0.3) is 10.9 Å². The van der Waals surface area contributed by atoms with Crippen molar-refractivity contribution >= 4 is 22.7 Å². The van der Waals surface area contributed by atoms with Crippen LogP contribution in [0.5, 0.6) is 0 Å². The summed E-state index contributed by atoms with van der Waals surface area (Å²) in [4.78, 5) is 31.7. The molecule has 8 nitrogen and oxygen atoms in total. The van der Waals surface area contributed by atoms with Crippen LogP contribution in [0.15, 0.2) is 30.3 Å². The summed E-state index contributed by atoms with van der Waals surface area (Å²) in [6.07, 6.45) is 2.59. The molecule has 3 heterocycles. The van der Waals surface area contributed by atoms with Gasteiger partial charge in [-0.15, -0.1) is 10.2 Å². The highest BCUT2D eigenvalue weighted by Gasteiger charge is 2.30. The molecule has 0 bridgehead atoms. The van der Waals surface area contributed by atoms with E-state index in [1.807, 2.05) is 46.7 Å². The van der Waals surface area contributed by atoms with E-state index in [-0.39, 0.29) is 17.7 Å². The minimum atomic E-state index is 0.0130. The minimum absolute atomic E-state index is 0.0130. The molecule has 0 unspecified atom stereocenters. The second-order valence-corrected chi connectivity index (χ2v) is 8.05. The first-order chi connectivity index (χ1) is 14.6. The molecule has 0 spiro atoms. The van der Waals surface area contributed by atoms with Crippen LogP contribution in [0.4, 0.5) is 0 Å². The number of nitrogens with zero attached hydrogens (tertiary/aromatic N) is 5. The summed E-state index contributed by atoms with van der Waals surface area (Å²) in [6, 6.07) is 9.62. The van der Waals surface area contributed by atoms with E-state index < -0.39 is 0 Å². The summed E-state index contributed by atoms with van der Waals surface area (Å²) in [6.45, 7) is 4.06. The molecule has 0 atom stereocenters. The fourth-order valence-corrected chi connectivity index (χ4v) is 4.03. The van der Waals surface area contributed by atoms with Gasteiger partial charge in [0.25, 0.3) is 5.91 Å². The van der Waals surface area contributed by atoms with Crippen molar-refractivity contribution in [2.75, 3.05) is 13.1 Å². The molecule has 2 amide bonds. The lowest BCUT2D eigenvalue weighted by atomic mass is 10.1. The Balaban J connectivity index is 1.33. The van der Waals surface area contributed by atoms with Crippen LogP contribution < -0.4 is 5.32 Å². The van der Waals surface area contributed by atoms with Gasteiger partial charge in [0.05, 0.1) is 17.6 Å². The average molecular weight is 404 g/mol. The first-order valence-corrected chi connectivity index (χ1v) is 10.4. The smallest absolute Gasteiger partial charge is 0.254 e. The van der Waals surface area contributed by atoms with E-state index in [0.717, 1.165) is 41.1 Å². The zero-order valence-corrected chi connectivity index (χ0v) is 17.0. The Labute approximate surface area is 174 Å². The number of nitrogens with one attached hydrogen (secondary N) is 1. The lowest BCUT2D eigenvalue weighted by molar-refractivity contribution is -0.122. The Morgan fingerprint density at radius 1 is 1.13 bits per heavy atom. The molecule has 154 valence electrons. The molecule has 8 heteroatoms. The van der Waals surface area contributed by atoms with E-state index in [4.69, 9.17) is 0 Å². The molecule has 1 N–H and O–H groups in total. The van der Waals surface area contributed by atoms with E-state index in [2.05, 4.69) is 20.5 Å². The van der Waals surface area contributed by atoms with E-state index in [1.165, 1.54) is 0 Å². The third kappa shape index (κ3) is 3.53. The first kappa shape index (κ1) is 18.7. The second kappa shape index (κ2) is 7.51. The number of pyridine rings is 1. The van der Waals surface area contributed by atoms with Gasteiger partial charge in [-0.2, -0.15) is 0 Å². The minimum Gasteiger partial charge on any atom is -0.349 e. The quantitative estimate of drug-likeness (QED) is 0.716. The maximum absolute atomic E-state index is 13.4. The number of aryl methyl sites for hydroxylation is 1. The number of hydrogen-bond donors (Lipinski definition) is 1. The van der Waals surface area contributed by atoms with Gasteiger partial charge >= 0.3 is 0 Å². The van der Waals surface area contributed by atoms with Crippen molar-refractivity contribution in [2.24, 2.45) is 5.92 Å². The van der Waals surface area contributed by atoms with Gasteiger partial charge < -0.3 is 14.8 Å². The third-order valence-electron chi connectivity index (χ3n) is 5.83. The second-order valence-electron chi connectivity index (χ2n) is 8.05. The number of rotatable bonds is 4. The van der Waals surface area contributed by atoms with Gasteiger partial charge in [-0.3, -0.25) is 14.6 Å². The molecule has 1 saturated carbocycles. The number of carbonyl (C=O) groups is 2. The van der Waals surface area contributed by atoms with Gasteiger partial charge in [0.15, 0.2) is 5.82 Å². The van der Waals surface area contributed by atoms with E-state index >= 15 is 0 Å². The molecule has 3 aromatic rings. The fraction of sp³-hybridized carbons (Fsp3) is 0.409. The van der Waals surface area contributed by atoms with Gasteiger partial charge in [0, 0.05) is 43.1 Å². The van der Waals surface area contributed by atoms with Crippen molar-refractivity contribution < 1.29 is 9.59 Å². The summed E-state index contributed by atoms with van der Waals surface area (Å²) in [7, 11) is 0. The van der Waals surface area contributed by atoms with Gasteiger partial charge in [0.1, 0.15) is 5.82 Å². The number of benzene rings is 1. The monoisotopic (exact) mass is 404 g/mol. The average Bonchev–Trinajstić information content (AvgIpc) is 3.56. The maximum atomic E-state index is 13.4. The van der Waals surface area contributed by atoms with Crippen LogP contribution in [0.2, 0.25) is 0 Å². The van der Waals surface area contributed by atoms with Crippen LogP contribution >= 0.6 is 0 Å². The Bertz CT molecular complexity index is 1130. The highest BCUT2D eigenvalue weighted by molar-refractivity contribution is 6.06. The molecule has 2 aliphatic rings. The van der Waals surface area contributed by atoms with Gasteiger partial charge in [-0.1, -0.05) is 18.2 Å². The van der Waals surface area contributed by atoms with Crippen molar-refractivity contribution in [1.29, 1.82) is 0 Å². The topological polar surface area (TPSA) is 93.0 Å². The normalized spacial score (nSPS) is 16.2. The summed E-state index contributed by atoms with van der Waals surface area (Å²) < 4.78 is 2.04. The third-order valence-corrected chi connectivity index (χ3v) is 5.83. The molecule has 1 aliphatic carbocycles. The Morgan fingerprint density at radius 3 is 2.80 bits per heavy atom. The highest BCUT2D eigenvalue weighted by Crippen LogP contribution is 2.28. The summed E-state index contributed by atoms with van der Waals surface area (Å²) >= 11 is 0. The standard InChI is InChI=1S/C22H24N6O2/c1-14-12-17(16-4-2-3-5-18(16)24-14)22(30)27-9-8-19-25-26-20(28(19)11-10-27)13-23-21(29)15-6-7-15/h2-5,12,15H,6-11,13H2,1H3,(H,23,29). The maximum Gasteiger partial charge on any atom is 0.254 e. The number of fused-ring (bicyclic) bond motifs is 2. The van der Waals surface area contributed by atoms with E-state index in [9.17, 15) is 9.59 Å². The molecular weight excluding hydrogens is 380 g/mol. The van der Waals surface area contributed by atoms with Crippen molar-refractivity contribution in [3.63, 3.8) is 0 Å². The highest BCUT2D eigenvalue weighted by atomic mass is 16.2. The Kier molecular flexibility index (Phi) is 4.69. The molecule has 1 aliphatic heterocycles. The zero-order chi connectivity index (χ0) is 20.7. The molecule has 5 rings (SSSR count). The van der Waals surface area contributed by atoms with Crippen LogP contribution in [-0.4, -0.2) is 49.6 Å². The summed E-state index contributed by atoms with van der Waals surface area (Å²) in [5.74, 6) is 1.88.